The van der Waals surface area contributed by atoms with E-state index in [1.807, 2.05) is 0 Å². The second-order valence-corrected chi connectivity index (χ2v) is 8.34. The summed E-state index contributed by atoms with van der Waals surface area (Å²) in [5, 5.41) is 12.5. The summed E-state index contributed by atoms with van der Waals surface area (Å²) in [5.41, 5.74) is 8.02. The molecule has 0 radical (unpaired) electrons. The van der Waals surface area contributed by atoms with Gasteiger partial charge >= 0.3 is 11.9 Å². The van der Waals surface area contributed by atoms with Gasteiger partial charge in [-0.05, 0) is 35.9 Å². The van der Waals surface area contributed by atoms with Gasteiger partial charge in [-0.25, -0.2) is 4.79 Å². The number of oxazole rings is 1. The van der Waals surface area contributed by atoms with Crippen molar-refractivity contribution in [3.05, 3.63) is 64.1 Å². The summed E-state index contributed by atoms with van der Waals surface area (Å²) in [7, 11) is 1.51. The van der Waals surface area contributed by atoms with Gasteiger partial charge in [0.05, 0.1) is 17.7 Å². The number of fused-ring (bicyclic) bond motifs is 1. The average molecular weight is 479 g/mol. The summed E-state index contributed by atoms with van der Waals surface area (Å²) < 4.78 is 48.9. The van der Waals surface area contributed by atoms with Crippen molar-refractivity contribution < 1.29 is 22.3 Å². The highest BCUT2D eigenvalue weighted by molar-refractivity contribution is 7.18. The summed E-state index contributed by atoms with van der Waals surface area (Å²) >= 11 is 1.29. The molecule has 8 nitrogen and oxygen atoms in total. The molecule has 0 bridgehead atoms. The van der Waals surface area contributed by atoms with Crippen LogP contribution in [-0.2, 0) is 10.9 Å². The molecule has 4 N–H and O–H groups in total. The predicted octanol–water partition coefficient (Wildman–Crippen LogP) is 3.83. The number of nitrogens with zero attached hydrogens (tertiary/aromatic N) is 2. The number of hydrogen-bond acceptors (Lipinski definition) is 8. The van der Waals surface area contributed by atoms with E-state index in [2.05, 4.69) is 20.5 Å². The number of H-pyrrole nitrogens is 1. The molecule has 0 aliphatic rings. The lowest BCUT2D eigenvalue weighted by Gasteiger charge is -2.24. The molecule has 174 valence electrons. The molecule has 2 aromatic heterocycles. The zero-order valence-corrected chi connectivity index (χ0v) is 18.2. The molecule has 0 saturated heterocycles. The Morgan fingerprint density at radius 2 is 1.97 bits per heavy atom. The minimum Gasteiger partial charge on any atom is -0.408 e. The third kappa shape index (κ3) is 5.24. The van der Waals surface area contributed by atoms with E-state index in [-0.39, 0.29) is 12.5 Å². The molecule has 0 unspecified atom stereocenters. The van der Waals surface area contributed by atoms with E-state index in [0.29, 0.717) is 33.3 Å². The van der Waals surface area contributed by atoms with Gasteiger partial charge in [-0.2, -0.15) is 13.2 Å². The van der Waals surface area contributed by atoms with Gasteiger partial charge < -0.3 is 20.2 Å². The predicted molar refractivity (Wildman–Crippen MR) is 118 cm³/mol. The highest BCUT2D eigenvalue weighted by Crippen LogP contribution is 2.31. The number of rotatable bonds is 8. The monoisotopic (exact) mass is 479 g/mol. The maximum atomic E-state index is 12.8. The maximum Gasteiger partial charge on any atom is 0.417 e. The van der Waals surface area contributed by atoms with E-state index in [9.17, 15) is 18.0 Å². The van der Waals surface area contributed by atoms with E-state index in [4.69, 9.17) is 14.9 Å². The molecule has 0 aliphatic carbocycles. The molecule has 4 aromatic rings. The van der Waals surface area contributed by atoms with E-state index in [1.165, 1.54) is 30.6 Å². The zero-order chi connectivity index (χ0) is 23.6. The van der Waals surface area contributed by atoms with Gasteiger partial charge in [0, 0.05) is 31.2 Å². The maximum absolute atomic E-state index is 12.8. The van der Waals surface area contributed by atoms with Crippen molar-refractivity contribution in [2.45, 2.75) is 18.1 Å². The molecule has 0 aliphatic heterocycles. The standard InChI is InChI=1S/C21H20F3N5O3S/c1-31-10-14(11-2-5-13(6-3-11)21(22,23)24)15(25)9-26-19-29-28-18(33-19)12-4-7-16-17(8-12)32-20(30)27-16/h2-8,14-15H,9-10,25H2,1H3,(H,26,29)(H,27,30)/t14-,15+/m0/s1. The van der Waals surface area contributed by atoms with Gasteiger partial charge in [0.2, 0.25) is 5.13 Å². The minimum atomic E-state index is -4.40. The normalized spacial score (nSPS) is 13.8. The van der Waals surface area contributed by atoms with Gasteiger partial charge in [0.1, 0.15) is 5.01 Å². The van der Waals surface area contributed by atoms with Crippen molar-refractivity contribution in [2.75, 3.05) is 25.6 Å². The number of alkyl halides is 3. The van der Waals surface area contributed by atoms with Crippen LogP contribution < -0.4 is 16.8 Å². The fourth-order valence-electron chi connectivity index (χ4n) is 3.40. The number of nitrogens with one attached hydrogen (secondary N) is 2. The van der Waals surface area contributed by atoms with Gasteiger partial charge in [-0.1, -0.05) is 23.5 Å². The van der Waals surface area contributed by atoms with Crippen molar-refractivity contribution in [3.8, 4) is 10.6 Å². The number of anilines is 1. The number of ether oxygens (including phenoxy) is 1. The SMILES string of the molecule is COC[C@@H](c1ccc(C(F)(F)F)cc1)[C@H](N)CNc1nnc(-c2ccc3[nH]c(=O)oc3c2)s1. The largest absolute Gasteiger partial charge is 0.417 e. The fraction of sp³-hybridized carbons (Fsp3) is 0.286. The third-order valence-corrected chi connectivity index (χ3v) is 6.04. The second-order valence-electron chi connectivity index (χ2n) is 7.36. The molecule has 2 atom stereocenters. The Labute approximate surface area is 189 Å². The smallest absolute Gasteiger partial charge is 0.408 e. The van der Waals surface area contributed by atoms with Crippen LogP contribution in [0.25, 0.3) is 21.7 Å². The number of hydrogen-bond donors (Lipinski definition) is 3. The number of nitrogens with two attached hydrogens (primary N) is 1. The molecule has 0 amide bonds. The van der Waals surface area contributed by atoms with Crippen LogP contribution >= 0.6 is 11.3 Å². The van der Waals surface area contributed by atoms with Crippen LogP contribution in [-0.4, -0.2) is 41.5 Å². The number of halogens is 3. The second kappa shape index (κ2) is 9.33. The summed E-state index contributed by atoms with van der Waals surface area (Å²) in [6.07, 6.45) is -4.40. The minimum absolute atomic E-state index is 0.247. The molecule has 4 rings (SSSR count). The van der Waals surface area contributed by atoms with Crippen molar-refractivity contribution in [1.29, 1.82) is 0 Å². The number of benzene rings is 2. The van der Waals surface area contributed by atoms with E-state index >= 15 is 0 Å². The number of methoxy groups -OCH3 is 1. The van der Waals surface area contributed by atoms with E-state index in [0.717, 1.165) is 17.7 Å². The Kier molecular flexibility index (Phi) is 6.49. The topological polar surface area (TPSA) is 119 Å². The van der Waals surface area contributed by atoms with Gasteiger partial charge in [-0.15, -0.1) is 10.2 Å². The summed E-state index contributed by atoms with van der Waals surface area (Å²) in [6.45, 7) is 0.548. The molecule has 12 heteroatoms. The lowest BCUT2D eigenvalue weighted by molar-refractivity contribution is -0.137. The number of aromatic amines is 1. The first kappa shape index (κ1) is 23.0. The first-order chi connectivity index (χ1) is 15.7. The molecule has 2 aromatic carbocycles. The third-order valence-electron chi connectivity index (χ3n) is 5.11. The first-order valence-corrected chi connectivity index (χ1v) is 10.7. The summed E-state index contributed by atoms with van der Waals surface area (Å²) in [4.78, 5) is 13.9. The first-order valence-electron chi connectivity index (χ1n) is 9.87. The summed E-state index contributed by atoms with van der Waals surface area (Å²) in [6, 6.07) is 9.68. The lowest BCUT2D eigenvalue weighted by Crippen LogP contribution is -2.37. The molecule has 33 heavy (non-hydrogen) atoms. The zero-order valence-electron chi connectivity index (χ0n) is 17.3. The van der Waals surface area contributed by atoms with Gasteiger partial charge in [0.15, 0.2) is 5.58 Å². The number of aromatic nitrogens is 3. The lowest BCUT2D eigenvalue weighted by atomic mass is 9.92. The van der Waals surface area contributed by atoms with Crippen molar-refractivity contribution >= 4 is 27.6 Å². The highest BCUT2D eigenvalue weighted by Gasteiger charge is 2.30. The van der Waals surface area contributed by atoms with Crippen LogP contribution in [0.5, 0.6) is 0 Å². The average Bonchev–Trinajstić information content (AvgIpc) is 3.40. The van der Waals surface area contributed by atoms with Crippen LogP contribution in [0.2, 0.25) is 0 Å². The molecule has 2 heterocycles. The Hall–Kier alpha value is -3.22. The van der Waals surface area contributed by atoms with Gasteiger partial charge in [0.25, 0.3) is 0 Å². The summed E-state index contributed by atoms with van der Waals surface area (Å²) in [5.74, 6) is -0.856. The van der Waals surface area contributed by atoms with Crippen LogP contribution in [0.3, 0.4) is 0 Å². The van der Waals surface area contributed by atoms with Crippen LogP contribution in [0, 0.1) is 0 Å². The van der Waals surface area contributed by atoms with E-state index in [1.54, 1.807) is 18.2 Å². The highest BCUT2D eigenvalue weighted by atomic mass is 32.1. The Bertz CT molecular complexity index is 1280. The molecular weight excluding hydrogens is 459 g/mol. The van der Waals surface area contributed by atoms with E-state index < -0.39 is 23.5 Å². The molecule has 0 saturated carbocycles. The van der Waals surface area contributed by atoms with Crippen LogP contribution in [0.1, 0.15) is 17.0 Å². The van der Waals surface area contributed by atoms with Crippen LogP contribution in [0.4, 0.5) is 18.3 Å². The Morgan fingerprint density at radius 1 is 1.21 bits per heavy atom. The molecule has 0 fully saturated rings. The Balaban J connectivity index is 1.43. The van der Waals surface area contributed by atoms with Crippen LogP contribution in [0.15, 0.2) is 51.7 Å². The van der Waals surface area contributed by atoms with Crippen molar-refractivity contribution in [2.24, 2.45) is 5.73 Å². The quantitative estimate of drug-likeness (QED) is 0.351. The van der Waals surface area contributed by atoms with Gasteiger partial charge in [-0.3, -0.25) is 4.98 Å². The molecule has 0 spiro atoms. The molecular formula is C21H20F3N5O3S. The Morgan fingerprint density at radius 3 is 2.67 bits per heavy atom. The van der Waals surface area contributed by atoms with Crippen molar-refractivity contribution in [3.63, 3.8) is 0 Å². The fourth-order valence-corrected chi connectivity index (χ4v) is 4.15. The van der Waals surface area contributed by atoms with Crippen molar-refractivity contribution in [1.82, 2.24) is 15.2 Å².